The van der Waals surface area contributed by atoms with E-state index in [0.29, 0.717) is 17.0 Å². The third-order valence-corrected chi connectivity index (χ3v) is 5.27. The minimum atomic E-state index is -0.150. The lowest BCUT2D eigenvalue weighted by Crippen LogP contribution is -2.28. The molecule has 0 fully saturated rings. The Hall–Kier alpha value is -2.28. The summed E-state index contributed by atoms with van der Waals surface area (Å²) in [5, 5.41) is 10.8. The third-order valence-electron chi connectivity index (χ3n) is 4.48. The average molecular weight is 342 g/mol. The predicted molar refractivity (Wildman–Crippen MR) is 91.3 cm³/mol. The molecule has 1 aliphatic rings. The molecule has 124 valence electrons. The fourth-order valence-electron chi connectivity index (χ4n) is 3.29. The van der Waals surface area contributed by atoms with Crippen LogP contribution in [-0.4, -0.2) is 21.0 Å². The maximum atomic E-state index is 13.0. The minimum absolute atomic E-state index is 0.106. The Morgan fingerprint density at radius 1 is 1.33 bits per heavy atom. The van der Waals surface area contributed by atoms with Gasteiger partial charge in [0.15, 0.2) is 0 Å². The highest BCUT2D eigenvalue weighted by Crippen LogP contribution is 2.32. The van der Waals surface area contributed by atoms with Crippen molar-refractivity contribution in [2.45, 2.75) is 46.1 Å². The fraction of sp³-hybridized carbons (Fsp3) is 0.412. The molecule has 7 heteroatoms. The number of aryl methyl sites for hydroxylation is 3. The highest BCUT2D eigenvalue weighted by atomic mass is 32.1. The number of pyridine rings is 1. The van der Waals surface area contributed by atoms with Crippen LogP contribution in [0.2, 0.25) is 0 Å². The average Bonchev–Trinajstić information content (AvgIpc) is 3.26. The van der Waals surface area contributed by atoms with Gasteiger partial charge in [-0.1, -0.05) is 5.16 Å². The van der Waals surface area contributed by atoms with E-state index in [4.69, 9.17) is 4.52 Å². The second kappa shape index (κ2) is 5.66. The highest BCUT2D eigenvalue weighted by Gasteiger charge is 2.28. The van der Waals surface area contributed by atoms with Gasteiger partial charge in [0.1, 0.15) is 0 Å². The molecule has 0 saturated carbocycles. The van der Waals surface area contributed by atoms with Gasteiger partial charge in [0.05, 0.1) is 33.4 Å². The molecule has 0 saturated heterocycles. The Morgan fingerprint density at radius 2 is 2.17 bits per heavy atom. The molecule has 0 bridgehead atoms. The number of hydrogen-bond acceptors (Lipinski definition) is 6. The van der Waals surface area contributed by atoms with Crippen LogP contribution in [-0.2, 0) is 12.8 Å². The number of nitrogens with zero attached hydrogens (tertiary/aromatic N) is 3. The third kappa shape index (κ3) is 2.39. The summed E-state index contributed by atoms with van der Waals surface area (Å²) in [4.78, 5) is 22.0. The molecule has 4 rings (SSSR count). The van der Waals surface area contributed by atoms with Crippen molar-refractivity contribution in [3.63, 3.8) is 0 Å². The van der Waals surface area contributed by atoms with Gasteiger partial charge >= 0.3 is 0 Å². The van der Waals surface area contributed by atoms with Crippen molar-refractivity contribution in [3.8, 4) is 0 Å². The topological polar surface area (TPSA) is 80.9 Å². The highest BCUT2D eigenvalue weighted by molar-refractivity contribution is 7.09. The maximum Gasteiger partial charge on any atom is 0.259 e. The van der Waals surface area contributed by atoms with Gasteiger partial charge < -0.3 is 9.84 Å². The number of carbonyl (C=O) groups excluding carboxylic acids is 1. The summed E-state index contributed by atoms with van der Waals surface area (Å²) >= 11 is 1.58. The van der Waals surface area contributed by atoms with Gasteiger partial charge in [-0.3, -0.25) is 4.79 Å². The lowest BCUT2D eigenvalue weighted by molar-refractivity contribution is 0.0940. The Balaban J connectivity index is 1.75. The first-order valence-electron chi connectivity index (χ1n) is 8.05. The largest absolute Gasteiger partial charge is 0.344 e. The molecule has 0 aromatic carbocycles. The van der Waals surface area contributed by atoms with E-state index in [1.54, 1.807) is 11.3 Å². The van der Waals surface area contributed by atoms with Crippen molar-refractivity contribution in [1.29, 1.82) is 0 Å². The lowest BCUT2D eigenvalue weighted by atomic mass is 10.0. The molecule has 0 spiro atoms. The van der Waals surface area contributed by atoms with Crippen molar-refractivity contribution in [2.24, 2.45) is 0 Å². The van der Waals surface area contributed by atoms with Gasteiger partial charge in [-0.15, -0.1) is 11.3 Å². The van der Waals surface area contributed by atoms with Crippen LogP contribution in [0.25, 0.3) is 11.1 Å². The van der Waals surface area contributed by atoms with Gasteiger partial charge in [0.2, 0.25) is 0 Å². The Bertz CT molecular complexity index is 944. The van der Waals surface area contributed by atoms with Gasteiger partial charge in [-0.2, -0.15) is 0 Å². The lowest BCUT2D eigenvalue weighted by Gasteiger charge is -2.14. The molecule has 3 aromatic rings. The van der Waals surface area contributed by atoms with Crippen LogP contribution in [0.15, 0.2) is 9.90 Å². The zero-order chi connectivity index (χ0) is 16.8. The van der Waals surface area contributed by atoms with Gasteiger partial charge in [-0.05, 0) is 45.6 Å². The molecule has 1 aliphatic carbocycles. The summed E-state index contributed by atoms with van der Waals surface area (Å²) in [6.07, 6.45) is 2.77. The van der Waals surface area contributed by atoms with Crippen molar-refractivity contribution >= 4 is 28.3 Å². The van der Waals surface area contributed by atoms with Crippen molar-refractivity contribution in [3.05, 3.63) is 38.6 Å². The minimum Gasteiger partial charge on any atom is -0.344 e. The van der Waals surface area contributed by atoms with E-state index in [0.717, 1.165) is 46.6 Å². The van der Waals surface area contributed by atoms with E-state index in [1.165, 1.54) is 0 Å². The van der Waals surface area contributed by atoms with Crippen LogP contribution >= 0.6 is 11.3 Å². The molecule has 1 N–H and O–H groups in total. The number of aromatic nitrogens is 3. The molecule has 1 amide bonds. The van der Waals surface area contributed by atoms with Crippen molar-refractivity contribution in [1.82, 2.24) is 20.4 Å². The summed E-state index contributed by atoms with van der Waals surface area (Å²) in [6.45, 7) is 5.76. The second-order valence-corrected chi connectivity index (χ2v) is 7.26. The zero-order valence-electron chi connectivity index (χ0n) is 13.8. The van der Waals surface area contributed by atoms with Crippen LogP contribution in [0.4, 0.5) is 0 Å². The van der Waals surface area contributed by atoms with Crippen molar-refractivity contribution < 1.29 is 9.32 Å². The van der Waals surface area contributed by atoms with E-state index in [9.17, 15) is 4.79 Å². The summed E-state index contributed by atoms with van der Waals surface area (Å²) in [6, 6.07) is -0.150. The molecule has 1 unspecified atom stereocenters. The Morgan fingerprint density at radius 3 is 2.92 bits per heavy atom. The standard InChI is InChI=1S/C17H18N4O2S/c1-8(13-7-24-10(3)19-13)18-16(22)15-11-5-4-6-12(11)20-17-14(15)9(2)21-23-17/h7-8H,4-6H2,1-3H3,(H,18,22). The number of thiazole rings is 1. The van der Waals surface area contributed by atoms with E-state index in [-0.39, 0.29) is 11.9 Å². The summed E-state index contributed by atoms with van der Waals surface area (Å²) in [5.41, 5.74) is 4.71. The van der Waals surface area contributed by atoms with Crippen LogP contribution < -0.4 is 5.32 Å². The normalized spacial score (nSPS) is 14.8. The zero-order valence-corrected chi connectivity index (χ0v) is 14.7. The van der Waals surface area contributed by atoms with Crippen LogP contribution in [0.3, 0.4) is 0 Å². The first-order chi connectivity index (χ1) is 11.5. The van der Waals surface area contributed by atoms with E-state index in [2.05, 4.69) is 20.4 Å². The second-order valence-electron chi connectivity index (χ2n) is 6.20. The number of hydrogen-bond donors (Lipinski definition) is 1. The van der Waals surface area contributed by atoms with E-state index in [1.807, 2.05) is 26.2 Å². The van der Waals surface area contributed by atoms with Crippen LogP contribution in [0.1, 0.15) is 57.4 Å². The number of rotatable bonds is 3. The first-order valence-corrected chi connectivity index (χ1v) is 8.93. The summed E-state index contributed by atoms with van der Waals surface area (Å²) in [5.74, 6) is -0.106. The molecule has 0 aliphatic heterocycles. The van der Waals surface area contributed by atoms with E-state index < -0.39 is 0 Å². The molecule has 24 heavy (non-hydrogen) atoms. The number of nitrogens with one attached hydrogen (secondary N) is 1. The van der Waals surface area contributed by atoms with Gasteiger partial charge in [-0.25, -0.2) is 9.97 Å². The molecular weight excluding hydrogens is 324 g/mol. The van der Waals surface area contributed by atoms with E-state index >= 15 is 0 Å². The van der Waals surface area contributed by atoms with Crippen LogP contribution in [0, 0.1) is 13.8 Å². The molecule has 3 aromatic heterocycles. The Labute approximate surface area is 143 Å². The first kappa shape index (κ1) is 15.3. The fourth-order valence-corrected chi connectivity index (χ4v) is 3.99. The van der Waals surface area contributed by atoms with Gasteiger partial charge in [0, 0.05) is 11.1 Å². The SMILES string of the molecule is Cc1nc(C(C)NC(=O)c2c3c(nc4onc(C)c24)CCC3)cs1. The summed E-state index contributed by atoms with van der Waals surface area (Å²) < 4.78 is 5.31. The van der Waals surface area contributed by atoms with Crippen LogP contribution in [0.5, 0.6) is 0 Å². The quantitative estimate of drug-likeness (QED) is 0.790. The molecule has 0 radical (unpaired) electrons. The number of amides is 1. The number of carbonyl (C=O) groups is 1. The monoisotopic (exact) mass is 342 g/mol. The van der Waals surface area contributed by atoms with Crippen molar-refractivity contribution in [2.75, 3.05) is 0 Å². The molecule has 1 atom stereocenters. The van der Waals surface area contributed by atoms with Gasteiger partial charge in [0.25, 0.3) is 11.6 Å². The number of fused-ring (bicyclic) bond motifs is 2. The molecule has 6 nitrogen and oxygen atoms in total. The Kier molecular flexibility index (Phi) is 3.60. The molecular formula is C17H18N4O2S. The maximum absolute atomic E-state index is 13.0. The smallest absolute Gasteiger partial charge is 0.259 e. The molecule has 3 heterocycles. The predicted octanol–water partition coefficient (Wildman–Crippen LogP) is 3.28. The summed E-state index contributed by atoms with van der Waals surface area (Å²) in [7, 11) is 0.